The third-order valence-corrected chi connectivity index (χ3v) is 4.41. The number of benzene rings is 2. The Kier molecular flexibility index (Phi) is 4.75. The fourth-order valence-corrected chi connectivity index (χ4v) is 2.61. The number of ketones is 1. The average molecular weight is 317 g/mol. The van der Waals surface area contributed by atoms with Crippen LogP contribution in [0.4, 0.5) is 0 Å². The SMILES string of the molecule is CNS(=O)(=O)c1cccc(C(=O)/C=C\c2cccc(O)c2)c1. The number of rotatable bonds is 5. The summed E-state index contributed by atoms with van der Waals surface area (Å²) in [4.78, 5) is 12.1. The summed E-state index contributed by atoms with van der Waals surface area (Å²) in [6, 6.07) is 12.3. The minimum Gasteiger partial charge on any atom is -0.508 e. The van der Waals surface area contributed by atoms with Crippen molar-refractivity contribution >= 4 is 21.9 Å². The number of phenolic OH excluding ortho intramolecular Hbond substituents is 1. The summed E-state index contributed by atoms with van der Waals surface area (Å²) in [5.74, 6) is -0.215. The van der Waals surface area contributed by atoms with E-state index in [2.05, 4.69) is 4.72 Å². The maximum absolute atomic E-state index is 12.1. The third kappa shape index (κ3) is 3.81. The first-order valence-electron chi connectivity index (χ1n) is 6.47. The van der Waals surface area contributed by atoms with Crippen molar-refractivity contribution in [3.8, 4) is 5.75 Å². The molecular formula is C16H15NO4S. The number of carbonyl (C=O) groups excluding carboxylic acids is 1. The highest BCUT2D eigenvalue weighted by atomic mass is 32.2. The number of hydrogen-bond donors (Lipinski definition) is 2. The summed E-state index contributed by atoms with van der Waals surface area (Å²) in [7, 11) is -2.28. The second kappa shape index (κ2) is 6.55. The van der Waals surface area contributed by atoms with Gasteiger partial charge in [-0.25, -0.2) is 13.1 Å². The largest absolute Gasteiger partial charge is 0.508 e. The molecule has 0 saturated carbocycles. The van der Waals surface area contributed by atoms with Crippen LogP contribution in [0, 0.1) is 0 Å². The zero-order chi connectivity index (χ0) is 16.2. The smallest absolute Gasteiger partial charge is 0.240 e. The average Bonchev–Trinajstić information content (AvgIpc) is 2.53. The molecular weight excluding hydrogens is 302 g/mol. The maximum atomic E-state index is 12.1. The molecule has 0 unspecified atom stereocenters. The molecule has 0 heterocycles. The van der Waals surface area contributed by atoms with Crippen LogP contribution in [-0.2, 0) is 10.0 Å². The maximum Gasteiger partial charge on any atom is 0.240 e. The van der Waals surface area contributed by atoms with E-state index in [0.717, 1.165) is 0 Å². The minimum atomic E-state index is -3.59. The molecule has 0 fully saturated rings. The molecule has 2 N–H and O–H groups in total. The van der Waals surface area contributed by atoms with E-state index in [1.807, 2.05) is 0 Å². The second-order valence-corrected chi connectivity index (χ2v) is 6.41. The van der Waals surface area contributed by atoms with Gasteiger partial charge in [0, 0.05) is 5.56 Å². The quantitative estimate of drug-likeness (QED) is 0.654. The molecule has 0 amide bonds. The summed E-state index contributed by atoms with van der Waals surface area (Å²) in [6.45, 7) is 0. The first-order chi connectivity index (χ1) is 10.4. The molecule has 2 aromatic rings. The highest BCUT2D eigenvalue weighted by molar-refractivity contribution is 7.89. The number of nitrogens with one attached hydrogen (secondary N) is 1. The molecule has 0 saturated heterocycles. The lowest BCUT2D eigenvalue weighted by atomic mass is 10.1. The van der Waals surface area contributed by atoms with Gasteiger partial charge >= 0.3 is 0 Å². The van der Waals surface area contributed by atoms with Crippen LogP contribution >= 0.6 is 0 Å². The van der Waals surface area contributed by atoms with E-state index in [1.165, 1.54) is 43.5 Å². The number of hydrogen-bond acceptors (Lipinski definition) is 4. The molecule has 0 atom stereocenters. The summed E-state index contributed by atoms with van der Waals surface area (Å²) in [6.07, 6.45) is 2.89. The third-order valence-electron chi connectivity index (χ3n) is 2.99. The molecule has 2 rings (SSSR count). The topological polar surface area (TPSA) is 83.5 Å². The molecule has 2 aromatic carbocycles. The Bertz CT molecular complexity index is 826. The highest BCUT2D eigenvalue weighted by Crippen LogP contribution is 2.14. The van der Waals surface area contributed by atoms with Gasteiger partial charge < -0.3 is 5.11 Å². The molecule has 5 nitrogen and oxygen atoms in total. The molecule has 0 aliphatic heterocycles. The van der Waals surface area contributed by atoms with Crippen LogP contribution in [0.5, 0.6) is 5.75 Å². The van der Waals surface area contributed by atoms with Crippen LogP contribution < -0.4 is 4.72 Å². The molecule has 114 valence electrons. The number of carbonyl (C=O) groups is 1. The van der Waals surface area contributed by atoms with E-state index in [4.69, 9.17) is 0 Å². The van der Waals surface area contributed by atoms with E-state index < -0.39 is 10.0 Å². The van der Waals surface area contributed by atoms with E-state index in [-0.39, 0.29) is 22.0 Å². The van der Waals surface area contributed by atoms with Crippen molar-refractivity contribution < 1.29 is 18.3 Å². The van der Waals surface area contributed by atoms with Gasteiger partial charge in [0.25, 0.3) is 0 Å². The fraction of sp³-hybridized carbons (Fsp3) is 0.0625. The van der Waals surface area contributed by atoms with Crippen molar-refractivity contribution in [2.24, 2.45) is 0 Å². The van der Waals surface area contributed by atoms with Gasteiger partial charge in [0.15, 0.2) is 5.78 Å². The Morgan fingerprint density at radius 1 is 1.14 bits per heavy atom. The minimum absolute atomic E-state index is 0.0339. The predicted molar refractivity (Wildman–Crippen MR) is 84.2 cm³/mol. The lowest BCUT2D eigenvalue weighted by Gasteiger charge is -2.03. The normalized spacial score (nSPS) is 11.7. The molecule has 0 spiro atoms. The molecule has 22 heavy (non-hydrogen) atoms. The van der Waals surface area contributed by atoms with Crippen LogP contribution in [0.3, 0.4) is 0 Å². The van der Waals surface area contributed by atoms with Crippen LogP contribution in [0.1, 0.15) is 15.9 Å². The van der Waals surface area contributed by atoms with Gasteiger partial charge in [-0.1, -0.05) is 30.3 Å². The van der Waals surface area contributed by atoms with Crippen molar-refractivity contribution in [3.05, 3.63) is 65.7 Å². The molecule has 6 heteroatoms. The van der Waals surface area contributed by atoms with Crippen molar-refractivity contribution in [2.75, 3.05) is 7.05 Å². The van der Waals surface area contributed by atoms with Crippen LogP contribution in [-0.4, -0.2) is 26.4 Å². The molecule has 0 aliphatic rings. The number of allylic oxidation sites excluding steroid dienone is 1. The lowest BCUT2D eigenvalue weighted by Crippen LogP contribution is -2.18. The molecule has 0 radical (unpaired) electrons. The first-order valence-corrected chi connectivity index (χ1v) is 7.96. The van der Waals surface area contributed by atoms with Gasteiger partial charge in [0.05, 0.1) is 4.90 Å². The Labute approximate surface area is 129 Å². The van der Waals surface area contributed by atoms with Crippen molar-refractivity contribution in [3.63, 3.8) is 0 Å². The van der Waals surface area contributed by atoms with Gasteiger partial charge in [-0.05, 0) is 43.0 Å². The van der Waals surface area contributed by atoms with Crippen LogP contribution in [0.15, 0.2) is 59.5 Å². The highest BCUT2D eigenvalue weighted by Gasteiger charge is 2.13. The Morgan fingerprint density at radius 2 is 1.86 bits per heavy atom. The van der Waals surface area contributed by atoms with Gasteiger partial charge in [-0.3, -0.25) is 4.79 Å². The fourth-order valence-electron chi connectivity index (χ4n) is 1.83. The second-order valence-electron chi connectivity index (χ2n) is 4.53. The van der Waals surface area contributed by atoms with Gasteiger partial charge in [0.1, 0.15) is 5.75 Å². The number of aromatic hydroxyl groups is 1. The van der Waals surface area contributed by atoms with E-state index in [9.17, 15) is 18.3 Å². The predicted octanol–water partition coefficient (Wildman–Crippen LogP) is 2.20. The van der Waals surface area contributed by atoms with Crippen LogP contribution in [0.25, 0.3) is 6.08 Å². The monoisotopic (exact) mass is 317 g/mol. The molecule has 0 bridgehead atoms. The van der Waals surface area contributed by atoms with E-state index in [1.54, 1.807) is 24.3 Å². The van der Waals surface area contributed by atoms with Crippen molar-refractivity contribution in [1.29, 1.82) is 0 Å². The summed E-state index contributed by atoms with van der Waals surface area (Å²) in [5.41, 5.74) is 0.945. The Morgan fingerprint density at radius 3 is 2.55 bits per heavy atom. The van der Waals surface area contributed by atoms with E-state index >= 15 is 0 Å². The summed E-state index contributed by atoms with van der Waals surface area (Å²) in [5, 5.41) is 9.36. The Hall–Kier alpha value is -2.44. The van der Waals surface area contributed by atoms with Crippen LogP contribution in [0.2, 0.25) is 0 Å². The van der Waals surface area contributed by atoms with E-state index in [0.29, 0.717) is 5.56 Å². The summed E-state index contributed by atoms with van der Waals surface area (Å²) < 4.78 is 25.7. The summed E-state index contributed by atoms with van der Waals surface area (Å²) >= 11 is 0. The number of phenols is 1. The number of sulfonamides is 1. The zero-order valence-electron chi connectivity index (χ0n) is 11.9. The standard InChI is InChI=1S/C16H15NO4S/c1-17-22(20,21)15-7-3-5-13(11-15)16(19)9-8-12-4-2-6-14(18)10-12/h2-11,17-18H,1H3/b9-8-. The molecule has 0 aliphatic carbocycles. The van der Waals surface area contributed by atoms with Crippen molar-refractivity contribution in [1.82, 2.24) is 4.72 Å². The first kappa shape index (κ1) is 15.9. The van der Waals surface area contributed by atoms with Crippen molar-refractivity contribution in [2.45, 2.75) is 4.90 Å². The zero-order valence-corrected chi connectivity index (χ0v) is 12.7. The molecule has 0 aromatic heterocycles. The van der Waals surface area contributed by atoms with Gasteiger partial charge in [-0.15, -0.1) is 0 Å². The van der Waals surface area contributed by atoms with Gasteiger partial charge in [0.2, 0.25) is 10.0 Å². The Balaban J connectivity index is 2.25. The van der Waals surface area contributed by atoms with Gasteiger partial charge in [-0.2, -0.15) is 0 Å². The lowest BCUT2D eigenvalue weighted by molar-refractivity contribution is 0.104.